The van der Waals surface area contributed by atoms with Crippen molar-refractivity contribution in [3.05, 3.63) is 34.6 Å². The standard InChI is InChI=1S/C21H20ClN11O2/c22-17-15(7-12(9-23)8-16(17)31-3-5-32(6-4-31)30-21(34)35)27-20-28-18(26-13-1-2-13)19-25-11-14(10-24)33(19)29-20/h7-8,11,13,30H,1-6H2,(H,34,35)(H2,26,27,28,29). The van der Waals surface area contributed by atoms with Gasteiger partial charge in [-0.1, -0.05) is 11.6 Å². The van der Waals surface area contributed by atoms with E-state index in [2.05, 4.69) is 43.3 Å². The van der Waals surface area contributed by atoms with Gasteiger partial charge in [0.05, 0.1) is 34.2 Å². The van der Waals surface area contributed by atoms with E-state index in [0.717, 1.165) is 12.8 Å². The van der Waals surface area contributed by atoms with Crippen molar-refractivity contribution >= 4 is 46.5 Å². The van der Waals surface area contributed by atoms with Gasteiger partial charge in [0.1, 0.15) is 6.07 Å². The fraction of sp³-hybridized carbons (Fsp3) is 0.333. The van der Waals surface area contributed by atoms with Crippen LogP contribution in [0.3, 0.4) is 0 Å². The molecule has 0 unspecified atom stereocenters. The van der Waals surface area contributed by atoms with Gasteiger partial charge in [0, 0.05) is 32.2 Å². The Morgan fingerprint density at radius 1 is 1.17 bits per heavy atom. The Morgan fingerprint density at radius 2 is 1.94 bits per heavy atom. The molecule has 35 heavy (non-hydrogen) atoms. The molecule has 0 spiro atoms. The highest BCUT2D eigenvalue weighted by Crippen LogP contribution is 2.36. The van der Waals surface area contributed by atoms with Crippen molar-refractivity contribution in [2.24, 2.45) is 0 Å². The maximum atomic E-state index is 10.9. The van der Waals surface area contributed by atoms with Crippen molar-refractivity contribution < 1.29 is 9.90 Å². The molecule has 0 radical (unpaired) electrons. The molecule has 1 aliphatic carbocycles. The number of hydrogen-bond acceptors (Lipinski definition) is 10. The van der Waals surface area contributed by atoms with Gasteiger partial charge in [0.25, 0.3) is 0 Å². The minimum absolute atomic E-state index is 0.188. The fourth-order valence-electron chi connectivity index (χ4n) is 3.84. The van der Waals surface area contributed by atoms with Gasteiger partial charge in [-0.25, -0.2) is 14.8 Å². The molecule has 0 bridgehead atoms. The summed E-state index contributed by atoms with van der Waals surface area (Å²) in [4.78, 5) is 21.7. The van der Waals surface area contributed by atoms with E-state index < -0.39 is 6.09 Å². The molecule has 1 amide bonds. The van der Waals surface area contributed by atoms with E-state index in [4.69, 9.17) is 16.7 Å². The van der Waals surface area contributed by atoms with Gasteiger partial charge in [0.2, 0.25) is 5.95 Å². The van der Waals surface area contributed by atoms with Crippen LogP contribution in [0.4, 0.5) is 27.9 Å². The van der Waals surface area contributed by atoms with E-state index in [9.17, 15) is 15.3 Å². The quantitative estimate of drug-likeness (QED) is 0.396. The number of nitrogens with zero attached hydrogens (tertiary/aromatic N) is 8. The molecule has 1 aliphatic heterocycles. The Bertz CT molecular complexity index is 1380. The average molecular weight is 494 g/mol. The molecule has 2 aromatic heterocycles. The van der Waals surface area contributed by atoms with Gasteiger partial charge in [-0.15, -0.1) is 5.10 Å². The number of rotatable bonds is 6. The van der Waals surface area contributed by atoms with Crippen molar-refractivity contribution in [2.45, 2.75) is 18.9 Å². The summed E-state index contributed by atoms with van der Waals surface area (Å²) < 4.78 is 1.41. The first-order chi connectivity index (χ1) is 16.9. The largest absolute Gasteiger partial charge is 0.464 e. The van der Waals surface area contributed by atoms with Gasteiger partial charge in [-0.3, -0.25) is 5.43 Å². The first-order valence-corrected chi connectivity index (χ1v) is 11.3. The molecule has 5 rings (SSSR count). The van der Waals surface area contributed by atoms with Gasteiger partial charge in [-0.2, -0.15) is 20.0 Å². The van der Waals surface area contributed by atoms with Crippen LogP contribution in [-0.2, 0) is 0 Å². The number of fused-ring (bicyclic) bond motifs is 1. The molecule has 3 aromatic rings. The molecule has 2 fully saturated rings. The second kappa shape index (κ2) is 9.13. The lowest BCUT2D eigenvalue weighted by atomic mass is 10.1. The predicted octanol–water partition coefficient (Wildman–Crippen LogP) is 2.14. The molecule has 1 saturated carbocycles. The minimum atomic E-state index is -1.11. The van der Waals surface area contributed by atoms with E-state index in [0.29, 0.717) is 65.6 Å². The van der Waals surface area contributed by atoms with E-state index in [-0.39, 0.29) is 11.6 Å². The lowest BCUT2D eigenvalue weighted by Crippen LogP contribution is -2.53. The molecular formula is C21H20ClN11O2. The number of benzene rings is 1. The van der Waals surface area contributed by atoms with Crippen LogP contribution in [0.5, 0.6) is 0 Å². The van der Waals surface area contributed by atoms with E-state index in [1.807, 2.05) is 4.90 Å². The number of carbonyl (C=O) groups is 1. The van der Waals surface area contributed by atoms with Crippen LogP contribution in [0.15, 0.2) is 18.3 Å². The second-order valence-electron chi connectivity index (χ2n) is 8.18. The van der Waals surface area contributed by atoms with E-state index in [1.165, 1.54) is 10.7 Å². The maximum Gasteiger partial charge on any atom is 0.419 e. The summed E-state index contributed by atoms with van der Waals surface area (Å²) in [6.07, 6.45) is 2.38. The summed E-state index contributed by atoms with van der Waals surface area (Å²) in [5.41, 5.74) is 4.52. The van der Waals surface area contributed by atoms with Crippen molar-refractivity contribution in [1.29, 1.82) is 10.5 Å². The van der Waals surface area contributed by atoms with Crippen molar-refractivity contribution in [2.75, 3.05) is 41.7 Å². The molecule has 2 aliphatic rings. The number of carboxylic acid groups (broad SMARTS) is 1. The predicted molar refractivity (Wildman–Crippen MR) is 127 cm³/mol. The molecule has 1 aromatic carbocycles. The van der Waals surface area contributed by atoms with E-state index in [1.54, 1.807) is 17.1 Å². The Balaban J connectivity index is 1.46. The molecule has 3 heterocycles. The van der Waals surface area contributed by atoms with Gasteiger partial charge >= 0.3 is 6.09 Å². The minimum Gasteiger partial charge on any atom is -0.464 e. The summed E-state index contributed by atoms with van der Waals surface area (Å²) in [5.74, 6) is 0.690. The van der Waals surface area contributed by atoms with Gasteiger partial charge in [-0.05, 0) is 25.0 Å². The fourth-order valence-corrected chi connectivity index (χ4v) is 4.11. The number of nitrogens with one attached hydrogen (secondary N) is 3. The Labute approximate surface area is 204 Å². The number of amides is 1. The lowest BCUT2D eigenvalue weighted by molar-refractivity contribution is 0.134. The first-order valence-electron chi connectivity index (χ1n) is 10.9. The highest BCUT2D eigenvalue weighted by molar-refractivity contribution is 6.36. The van der Waals surface area contributed by atoms with Crippen molar-refractivity contribution in [3.63, 3.8) is 0 Å². The second-order valence-corrected chi connectivity index (χ2v) is 8.56. The summed E-state index contributed by atoms with van der Waals surface area (Å²) in [6, 6.07) is 7.82. The summed E-state index contributed by atoms with van der Waals surface area (Å²) in [7, 11) is 0. The number of hydrazine groups is 1. The summed E-state index contributed by atoms with van der Waals surface area (Å²) in [6.45, 7) is 1.92. The zero-order chi connectivity index (χ0) is 24.5. The molecule has 14 heteroatoms. The third-order valence-corrected chi connectivity index (χ3v) is 6.10. The number of nitriles is 2. The average Bonchev–Trinajstić information content (AvgIpc) is 3.56. The molecule has 13 nitrogen and oxygen atoms in total. The van der Waals surface area contributed by atoms with Crippen LogP contribution < -0.4 is 21.0 Å². The Hall–Kier alpha value is -4.33. The zero-order valence-electron chi connectivity index (χ0n) is 18.4. The molecular weight excluding hydrogens is 474 g/mol. The smallest absolute Gasteiger partial charge is 0.419 e. The van der Waals surface area contributed by atoms with Crippen molar-refractivity contribution in [3.8, 4) is 12.1 Å². The van der Waals surface area contributed by atoms with Crippen LogP contribution in [0.2, 0.25) is 5.02 Å². The maximum absolute atomic E-state index is 10.9. The summed E-state index contributed by atoms with van der Waals surface area (Å²) in [5, 5.41) is 40.8. The molecule has 1 saturated heterocycles. The van der Waals surface area contributed by atoms with E-state index >= 15 is 0 Å². The normalized spacial score (nSPS) is 15.9. The van der Waals surface area contributed by atoms with Crippen LogP contribution >= 0.6 is 11.6 Å². The van der Waals surface area contributed by atoms with Crippen LogP contribution in [0.25, 0.3) is 5.65 Å². The zero-order valence-corrected chi connectivity index (χ0v) is 19.1. The third kappa shape index (κ3) is 4.68. The lowest BCUT2D eigenvalue weighted by Gasteiger charge is -2.36. The van der Waals surface area contributed by atoms with Gasteiger partial charge < -0.3 is 20.6 Å². The number of anilines is 4. The monoisotopic (exact) mass is 493 g/mol. The van der Waals surface area contributed by atoms with Crippen LogP contribution in [0.1, 0.15) is 24.1 Å². The summed E-state index contributed by atoms with van der Waals surface area (Å²) >= 11 is 6.75. The topological polar surface area (TPSA) is 171 Å². The van der Waals surface area contributed by atoms with Gasteiger partial charge in [0.15, 0.2) is 17.2 Å². The Kier molecular flexibility index (Phi) is 5.86. The highest BCUT2D eigenvalue weighted by Gasteiger charge is 2.25. The molecule has 0 atom stereocenters. The number of aromatic nitrogens is 4. The number of hydrogen-bond donors (Lipinski definition) is 4. The third-order valence-electron chi connectivity index (χ3n) is 5.70. The highest BCUT2D eigenvalue weighted by atomic mass is 35.5. The van der Waals surface area contributed by atoms with Crippen LogP contribution in [-0.4, -0.2) is 68.0 Å². The number of halogens is 1. The number of imidazole rings is 1. The first kappa shape index (κ1) is 22.5. The number of piperazine rings is 1. The van der Waals surface area contributed by atoms with Crippen molar-refractivity contribution in [1.82, 2.24) is 30.0 Å². The Morgan fingerprint density at radius 3 is 2.60 bits per heavy atom. The molecule has 178 valence electrons. The van der Waals surface area contributed by atoms with Crippen LogP contribution in [0, 0.1) is 22.7 Å². The molecule has 4 N–H and O–H groups in total. The SMILES string of the molecule is N#Cc1cc(Nc2nc(NC3CC3)c3ncc(C#N)n3n2)c(Cl)c(N2CCN(NC(=O)O)CC2)c1.